The lowest BCUT2D eigenvalue weighted by molar-refractivity contribution is 0.661. The Kier molecular flexibility index (Phi) is 6.78. The van der Waals surface area contributed by atoms with Crippen molar-refractivity contribution in [3.05, 3.63) is 205 Å². The summed E-state index contributed by atoms with van der Waals surface area (Å²) >= 11 is 0. The second-order valence-electron chi connectivity index (χ2n) is 16.5. The maximum atomic E-state index is 2.44. The van der Waals surface area contributed by atoms with Gasteiger partial charge in [-0.3, -0.25) is 0 Å². The molecule has 0 N–H and O–H groups in total. The van der Waals surface area contributed by atoms with Gasteiger partial charge in [-0.15, -0.1) is 0 Å². The minimum absolute atomic E-state index is 0.126. The Morgan fingerprint density at radius 1 is 0.263 bits per heavy atom. The molecular weight excluding hydrogens is 685 g/mol. The van der Waals surface area contributed by atoms with Gasteiger partial charge in [-0.2, -0.15) is 0 Å². The van der Waals surface area contributed by atoms with E-state index in [1.54, 1.807) is 0 Å². The highest BCUT2D eigenvalue weighted by atomic mass is 14.4. The first-order valence-corrected chi connectivity index (χ1v) is 20.1. The fourth-order valence-electron chi connectivity index (χ4n) is 9.92. The van der Waals surface area contributed by atoms with Crippen LogP contribution in [0.1, 0.15) is 25.0 Å². The van der Waals surface area contributed by atoms with Gasteiger partial charge >= 0.3 is 0 Å². The van der Waals surface area contributed by atoms with Crippen LogP contribution in [0.25, 0.3) is 109 Å². The number of rotatable bonds is 4. The molecule has 0 saturated carbocycles. The molecule has 11 aromatic rings. The molecule has 266 valence electrons. The lowest BCUT2D eigenvalue weighted by atomic mass is 9.80. The van der Waals surface area contributed by atoms with Crippen LogP contribution in [0.3, 0.4) is 0 Å². The van der Waals surface area contributed by atoms with Crippen LogP contribution in [0.5, 0.6) is 0 Å². The molecule has 0 atom stereocenters. The van der Waals surface area contributed by atoms with Crippen LogP contribution in [-0.2, 0) is 5.41 Å². The van der Waals surface area contributed by atoms with E-state index in [0.717, 1.165) is 0 Å². The van der Waals surface area contributed by atoms with E-state index in [1.165, 1.54) is 121 Å². The Hall–Kier alpha value is -7.02. The lowest BCUT2D eigenvalue weighted by Crippen LogP contribution is -2.15. The SMILES string of the molecule is CC1(C)c2cc(-c3cccc(-c4ccc5ccccc5c4)c3)ccc2-c2ccc(-c3ccc4cc(-c5ccc6ccc7cccc8ccc5c6c78)ccc4c3)cc21. The maximum absolute atomic E-state index is 2.44. The van der Waals surface area contributed by atoms with Gasteiger partial charge in [0, 0.05) is 5.41 Å². The van der Waals surface area contributed by atoms with Crippen molar-refractivity contribution in [2.24, 2.45) is 0 Å². The van der Waals surface area contributed by atoms with Gasteiger partial charge in [-0.25, -0.2) is 0 Å². The molecule has 57 heavy (non-hydrogen) atoms. The Bertz CT molecular complexity index is 3420. The van der Waals surface area contributed by atoms with Crippen LogP contribution in [0, 0.1) is 0 Å². The van der Waals surface area contributed by atoms with Crippen molar-refractivity contribution in [1.29, 1.82) is 0 Å². The summed E-state index contributed by atoms with van der Waals surface area (Å²) in [5.41, 5.74) is 15.4. The van der Waals surface area contributed by atoms with Crippen LogP contribution < -0.4 is 0 Å². The van der Waals surface area contributed by atoms with Crippen LogP contribution >= 0.6 is 0 Å². The summed E-state index contributed by atoms with van der Waals surface area (Å²) in [6, 6.07) is 72.8. The number of fused-ring (bicyclic) bond motifs is 5. The van der Waals surface area contributed by atoms with Crippen molar-refractivity contribution in [1.82, 2.24) is 0 Å². The molecule has 0 amide bonds. The zero-order valence-corrected chi connectivity index (χ0v) is 32.0. The first kappa shape index (κ1) is 32.2. The molecule has 1 aliphatic carbocycles. The fourth-order valence-corrected chi connectivity index (χ4v) is 9.92. The minimum Gasteiger partial charge on any atom is -0.0616 e. The van der Waals surface area contributed by atoms with E-state index in [4.69, 9.17) is 0 Å². The topological polar surface area (TPSA) is 0 Å². The van der Waals surface area contributed by atoms with Gasteiger partial charge in [0.25, 0.3) is 0 Å². The summed E-state index contributed by atoms with van der Waals surface area (Å²) in [5, 5.41) is 13.0. The summed E-state index contributed by atoms with van der Waals surface area (Å²) in [7, 11) is 0. The van der Waals surface area contributed by atoms with Crippen LogP contribution in [0.15, 0.2) is 194 Å². The van der Waals surface area contributed by atoms with Crippen molar-refractivity contribution < 1.29 is 0 Å². The Morgan fingerprint density at radius 2 is 0.667 bits per heavy atom. The van der Waals surface area contributed by atoms with Crippen LogP contribution in [-0.4, -0.2) is 0 Å². The molecule has 12 rings (SSSR count). The molecule has 0 heterocycles. The molecule has 0 aliphatic heterocycles. The second kappa shape index (κ2) is 12.0. The summed E-state index contributed by atoms with van der Waals surface area (Å²) in [4.78, 5) is 0. The molecule has 0 saturated heterocycles. The Balaban J connectivity index is 0.870. The largest absolute Gasteiger partial charge is 0.0616 e. The first-order chi connectivity index (χ1) is 28.0. The van der Waals surface area contributed by atoms with E-state index in [1.807, 2.05) is 0 Å². The van der Waals surface area contributed by atoms with Gasteiger partial charge in [0.05, 0.1) is 0 Å². The molecule has 11 aromatic carbocycles. The molecule has 0 bridgehead atoms. The molecule has 0 radical (unpaired) electrons. The molecule has 0 nitrogen and oxygen atoms in total. The van der Waals surface area contributed by atoms with Gasteiger partial charge in [-0.05, 0) is 157 Å². The predicted molar refractivity (Wildman–Crippen MR) is 244 cm³/mol. The van der Waals surface area contributed by atoms with E-state index in [2.05, 4.69) is 208 Å². The first-order valence-electron chi connectivity index (χ1n) is 20.1. The summed E-state index contributed by atoms with van der Waals surface area (Å²) in [6.07, 6.45) is 0. The van der Waals surface area contributed by atoms with Crippen molar-refractivity contribution in [2.45, 2.75) is 19.3 Å². The molecule has 0 fully saturated rings. The highest BCUT2D eigenvalue weighted by Crippen LogP contribution is 2.51. The van der Waals surface area contributed by atoms with Gasteiger partial charge in [0.15, 0.2) is 0 Å². The quantitative estimate of drug-likeness (QED) is 0.159. The number of benzene rings is 11. The zero-order valence-electron chi connectivity index (χ0n) is 32.0. The van der Waals surface area contributed by atoms with Crippen LogP contribution in [0.4, 0.5) is 0 Å². The highest BCUT2D eigenvalue weighted by Gasteiger charge is 2.36. The number of hydrogen-bond donors (Lipinski definition) is 0. The summed E-state index contributed by atoms with van der Waals surface area (Å²) < 4.78 is 0. The standard InChI is InChI=1S/C57H38/c1-57(2)53-33-46(41-12-6-11-40(30-41)42-16-13-35-7-3-4-8-39(35)29-42)23-26-50(53)51-27-24-47(34-54(51)57)44-17-18-45-32-48(20-19-43(45)31-44)49-25-21-38-15-14-36-9-5-10-37-22-28-52(49)56(38)55(36)37/h3-34H,1-2H3. The van der Waals surface area contributed by atoms with Crippen molar-refractivity contribution in [2.75, 3.05) is 0 Å². The summed E-state index contributed by atoms with van der Waals surface area (Å²) in [5.74, 6) is 0. The van der Waals surface area contributed by atoms with Crippen molar-refractivity contribution in [3.63, 3.8) is 0 Å². The molecule has 0 aromatic heterocycles. The number of hydrogen-bond acceptors (Lipinski definition) is 0. The third-order valence-electron chi connectivity index (χ3n) is 13.0. The Labute approximate surface area is 332 Å². The Morgan fingerprint density at radius 3 is 1.33 bits per heavy atom. The third kappa shape index (κ3) is 4.94. The monoisotopic (exact) mass is 722 g/mol. The average molecular weight is 723 g/mol. The molecule has 1 aliphatic rings. The van der Waals surface area contributed by atoms with Gasteiger partial charge in [0.1, 0.15) is 0 Å². The molecule has 0 spiro atoms. The van der Waals surface area contributed by atoms with Gasteiger partial charge in [0.2, 0.25) is 0 Å². The average Bonchev–Trinajstić information content (AvgIpc) is 3.49. The molecular formula is C57H38. The smallest absolute Gasteiger partial charge is 0.0159 e. The van der Waals surface area contributed by atoms with E-state index in [9.17, 15) is 0 Å². The van der Waals surface area contributed by atoms with Crippen molar-refractivity contribution >= 4 is 53.9 Å². The van der Waals surface area contributed by atoms with E-state index >= 15 is 0 Å². The normalized spacial score (nSPS) is 13.2. The van der Waals surface area contributed by atoms with Gasteiger partial charge in [-0.1, -0.05) is 172 Å². The molecule has 0 unspecified atom stereocenters. The van der Waals surface area contributed by atoms with E-state index in [-0.39, 0.29) is 5.41 Å². The van der Waals surface area contributed by atoms with Crippen LogP contribution in [0.2, 0.25) is 0 Å². The van der Waals surface area contributed by atoms with E-state index < -0.39 is 0 Å². The lowest BCUT2D eigenvalue weighted by Gasteiger charge is -2.23. The zero-order chi connectivity index (χ0) is 37.8. The van der Waals surface area contributed by atoms with Gasteiger partial charge < -0.3 is 0 Å². The molecule has 0 heteroatoms. The maximum Gasteiger partial charge on any atom is 0.0159 e. The highest BCUT2D eigenvalue weighted by molar-refractivity contribution is 6.25. The fraction of sp³-hybridized carbons (Fsp3) is 0.0526. The predicted octanol–water partition coefficient (Wildman–Crippen LogP) is 15.9. The van der Waals surface area contributed by atoms with E-state index in [0.29, 0.717) is 0 Å². The van der Waals surface area contributed by atoms with Crippen molar-refractivity contribution in [3.8, 4) is 55.6 Å². The minimum atomic E-state index is -0.126. The third-order valence-corrected chi connectivity index (χ3v) is 13.0. The second-order valence-corrected chi connectivity index (χ2v) is 16.5. The summed E-state index contributed by atoms with van der Waals surface area (Å²) in [6.45, 7) is 4.77.